The van der Waals surface area contributed by atoms with Gasteiger partial charge in [-0.3, -0.25) is 4.79 Å². The van der Waals surface area contributed by atoms with Gasteiger partial charge in [0.2, 0.25) is 0 Å². The standard InChI is InChI=1S/C39H55N7OS/c1-10-14-16-28(12-3)24-45(25-29(13-4)17-15-11-2)38-43-34(30-20-18-26(5)19-21-30)36(48-38)42-33-27(6)31(23-40)37(47)46-35(33)41-32(44-46)22-39(7,8)9/h18-21,28-29H,10-17,22,24-25H2,1-9H3/b42-33-. The summed E-state index contributed by atoms with van der Waals surface area (Å²) in [6, 6.07) is 10.5. The molecule has 4 rings (SSSR count). The Hall–Kier alpha value is -3.64. The van der Waals surface area contributed by atoms with Gasteiger partial charge in [-0.2, -0.15) is 9.94 Å². The van der Waals surface area contributed by atoms with Crippen LogP contribution in [-0.4, -0.2) is 44.5 Å². The molecule has 0 radical (unpaired) electrons. The first-order chi connectivity index (χ1) is 22.9. The van der Waals surface area contributed by atoms with Gasteiger partial charge in [0, 0.05) is 30.6 Å². The fourth-order valence-corrected chi connectivity index (χ4v) is 7.20. The predicted octanol–water partition coefficient (Wildman–Crippen LogP) is 10.2. The molecule has 2 aromatic heterocycles. The maximum Gasteiger partial charge on any atom is 0.291 e. The summed E-state index contributed by atoms with van der Waals surface area (Å²) < 4.78 is 1.27. The highest BCUT2D eigenvalue weighted by Crippen LogP contribution is 2.42. The maximum absolute atomic E-state index is 13.4. The Labute approximate surface area is 292 Å². The number of allylic oxidation sites excluding steroid dienone is 2. The number of aliphatic imine (C=N–C) groups is 1. The highest BCUT2D eigenvalue weighted by molar-refractivity contribution is 7.19. The van der Waals surface area contributed by atoms with Crippen molar-refractivity contribution in [2.45, 2.75) is 120 Å². The molecule has 9 heteroatoms. The Morgan fingerprint density at radius 3 is 2.08 bits per heavy atom. The number of thiazole rings is 1. The van der Waals surface area contributed by atoms with Gasteiger partial charge in [0.25, 0.3) is 5.91 Å². The Morgan fingerprint density at radius 2 is 1.56 bits per heavy atom. The van der Waals surface area contributed by atoms with Gasteiger partial charge in [-0.25, -0.2) is 15.0 Å². The SMILES string of the molecule is CCCCC(CC)CN(CC(CC)CCCC)c1nc(-c2ccc(C)cc2)c(/N=C2/C(C)=C(C#N)C(=O)n3nc(CC(C)(C)C)nc32)s1. The monoisotopic (exact) mass is 669 g/mol. The number of aryl methyl sites for hydroxylation is 1. The van der Waals surface area contributed by atoms with E-state index in [1.165, 1.54) is 48.8 Å². The molecule has 0 aliphatic carbocycles. The van der Waals surface area contributed by atoms with Crippen LogP contribution in [0.5, 0.6) is 0 Å². The molecule has 0 spiro atoms. The lowest BCUT2D eigenvalue weighted by Gasteiger charge is -2.30. The Kier molecular flexibility index (Phi) is 12.9. The number of carbonyl (C=O) groups is 1. The Bertz CT molecular complexity index is 1630. The van der Waals surface area contributed by atoms with Crippen LogP contribution < -0.4 is 4.90 Å². The van der Waals surface area contributed by atoms with Gasteiger partial charge in [-0.05, 0) is 43.9 Å². The maximum atomic E-state index is 13.4. The topological polar surface area (TPSA) is 100 Å². The van der Waals surface area contributed by atoms with Crippen molar-refractivity contribution >= 4 is 33.1 Å². The van der Waals surface area contributed by atoms with Gasteiger partial charge in [0.05, 0.1) is 0 Å². The summed E-state index contributed by atoms with van der Waals surface area (Å²) in [5.41, 5.74) is 3.95. The zero-order valence-corrected chi connectivity index (χ0v) is 31.5. The molecular formula is C39H55N7OS. The van der Waals surface area contributed by atoms with Crippen molar-refractivity contribution in [1.29, 1.82) is 5.26 Å². The van der Waals surface area contributed by atoms with Gasteiger partial charge in [0.15, 0.2) is 16.8 Å². The van der Waals surface area contributed by atoms with Gasteiger partial charge < -0.3 is 4.90 Å². The molecule has 3 aromatic rings. The van der Waals surface area contributed by atoms with E-state index < -0.39 is 5.91 Å². The molecule has 3 heterocycles. The fraction of sp³-hybridized carbons (Fsp3) is 0.590. The minimum absolute atomic E-state index is 0.0418. The third-order valence-electron chi connectivity index (χ3n) is 9.25. The van der Waals surface area contributed by atoms with Crippen LogP contribution in [0.4, 0.5) is 10.1 Å². The fourth-order valence-electron chi connectivity index (χ4n) is 6.22. The van der Waals surface area contributed by atoms with Crippen molar-refractivity contribution in [3.05, 3.63) is 52.6 Å². The summed E-state index contributed by atoms with van der Waals surface area (Å²) in [6.45, 7) is 21.3. The molecule has 258 valence electrons. The number of nitrogens with zero attached hydrogens (tertiary/aromatic N) is 7. The van der Waals surface area contributed by atoms with Crippen molar-refractivity contribution < 1.29 is 4.79 Å². The molecule has 1 aliphatic heterocycles. The third kappa shape index (κ3) is 9.07. The largest absolute Gasteiger partial charge is 0.347 e. The van der Waals surface area contributed by atoms with Gasteiger partial charge in [-0.1, -0.05) is 128 Å². The molecule has 0 amide bonds. The number of unbranched alkanes of at least 4 members (excludes halogenated alkanes) is 2. The molecule has 0 fully saturated rings. The zero-order valence-electron chi connectivity index (χ0n) is 30.7. The van der Waals surface area contributed by atoms with E-state index >= 15 is 0 Å². The molecule has 0 saturated carbocycles. The molecule has 2 atom stereocenters. The van der Waals surface area contributed by atoms with Crippen LogP contribution >= 0.6 is 11.3 Å². The average molecular weight is 670 g/mol. The number of carbonyl (C=O) groups excluding carboxylic acids is 1. The lowest BCUT2D eigenvalue weighted by molar-refractivity contribution is 0.0941. The first kappa shape index (κ1) is 37.2. The number of fused-ring (bicyclic) bond motifs is 1. The first-order valence-corrected chi connectivity index (χ1v) is 18.8. The van der Waals surface area contributed by atoms with E-state index in [9.17, 15) is 10.1 Å². The Balaban J connectivity index is 1.90. The number of hydrogen-bond acceptors (Lipinski definition) is 8. The summed E-state index contributed by atoms with van der Waals surface area (Å²) in [4.78, 5) is 31.3. The van der Waals surface area contributed by atoms with Crippen LogP contribution in [-0.2, 0) is 6.42 Å². The van der Waals surface area contributed by atoms with E-state index in [0.29, 0.717) is 41.2 Å². The minimum Gasteiger partial charge on any atom is -0.347 e. The Morgan fingerprint density at radius 1 is 0.958 bits per heavy atom. The number of nitriles is 1. The number of rotatable bonds is 16. The van der Waals surface area contributed by atoms with E-state index in [4.69, 9.17) is 15.0 Å². The van der Waals surface area contributed by atoms with Crippen molar-refractivity contribution in [2.75, 3.05) is 18.0 Å². The van der Waals surface area contributed by atoms with Gasteiger partial charge >= 0.3 is 0 Å². The van der Waals surface area contributed by atoms with Crippen LogP contribution in [0.15, 0.2) is 40.4 Å². The van der Waals surface area contributed by atoms with E-state index in [1.807, 2.05) is 0 Å². The highest BCUT2D eigenvalue weighted by Gasteiger charge is 2.33. The summed E-state index contributed by atoms with van der Waals surface area (Å²) in [5, 5.41) is 16.3. The molecule has 1 aromatic carbocycles. The van der Waals surface area contributed by atoms with Crippen molar-refractivity contribution in [1.82, 2.24) is 19.7 Å². The van der Waals surface area contributed by atoms with Crippen LogP contribution in [0.1, 0.15) is 129 Å². The molecule has 48 heavy (non-hydrogen) atoms. The summed E-state index contributed by atoms with van der Waals surface area (Å²) in [6.07, 6.45) is 10.1. The molecule has 2 unspecified atom stereocenters. The number of aromatic nitrogens is 4. The third-order valence-corrected chi connectivity index (χ3v) is 10.3. The van der Waals surface area contributed by atoms with E-state index in [1.54, 1.807) is 18.3 Å². The normalized spacial score (nSPS) is 15.5. The molecule has 1 aliphatic rings. The average Bonchev–Trinajstić information content (AvgIpc) is 3.66. The number of hydrogen-bond donors (Lipinski definition) is 0. The van der Waals surface area contributed by atoms with Crippen molar-refractivity contribution in [2.24, 2.45) is 22.2 Å². The molecule has 8 nitrogen and oxygen atoms in total. The van der Waals surface area contributed by atoms with Gasteiger partial charge in [0.1, 0.15) is 28.0 Å². The quantitative estimate of drug-likeness (QED) is 0.150. The minimum atomic E-state index is -0.457. The van der Waals surface area contributed by atoms with Crippen LogP contribution in [0, 0.1) is 35.5 Å². The summed E-state index contributed by atoms with van der Waals surface area (Å²) in [7, 11) is 0. The second-order valence-electron chi connectivity index (χ2n) is 14.6. The van der Waals surface area contributed by atoms with Crippen LogP contribution in [0.3, 0.4) is 0 Å². The number of anilines is 1. The molecular weight excluding hydrogens is 615 g/mol. The second-order valence-corrected chi connectivity index (χ2v) is 15.6. The van der Waals surface area contributed by atoms with Crippen molar-refractivity contribution in [3.63, 3.8) is 0 Å². The van der Waals surface area contributed by atoms with Gasteiger partial charge in [-0.15, -0.1) is 5.10 Å². The van der Waals surface area contributed by atoms with Crippen molar-refractivity contribution in [3.8, 4) is 17.3 Å². The number of benzene rings is 1. The molecule has 0 saturated heterocycles. The molecule has 0 N–H and O–H groups in total. The summed E-state index contributed by atoms with van der Waals surface area (Å²) >= 11 is 1.60. The van der Waals surface area contributed by atoms with E-state index in [2.05, 4.69) is 95.7 Å². The molecule has 0 bridgehead atoms. The van der Waals surface area contributed by atoms with Crippen LogP contribution in [0.2, 0.25) is 0 Å². The highest BCUT2D eigenvalue weighted by atomic mass is 32.1. The summed E-state index contributed by atoms with van der Waals surface area (Å²) in [5.74, 6) is 1.66. The lowest BCUT2D eigenvalue weighted by Crippen LogP contribution is -2.34. The smallest absolute Gasteiger partial charge is 0.291 e. The van der Waals surface area contributed by atoms with E-state index in [0.717, 1.165) is 47.3 Å². The van der Waals surface area contributed by atoms with E-state index in [-0.39, 0.29) is 11.0 Å². The first-order valence-electron chi connectivity index (χ1n) is 18.0. The predicted molar refractivity (Wildman–Crippen MR) is 199 cm³/mol. The zero-order chi connectivity index (χ0) is 35.0. The van der Waals surface area contributed by atoms with Crippen LogP contribution in [0.25, 0.3) is 11.3 Å². The second kappa shape index (κ2) is 16.6. The lowest BCUT2D eigenvalue weighted by atomic mass is 9.92.